The van der Waals surface area contributed by atoms with Crippen LogP contribution in [0.15, 0.2) is 79.3 Å². The summed E-state index contributed by atoms with van der Waals surface area (Å²) in [5.74, 6) is 0.113. The van der Waals surface area contributed by atoms with Crippen molar-refractivity contribution in [3.8, 4) is 11.6 Å². The molecule has 1 aliphatic rings. The van der Waals surface area contributed by atoms with Gasteiger partial charge in [-0.15, -0.1) is 0 Å². The summed E-state index contributed by atoms with van der Waals surface area (Å²) in [6, 6.07) is 18.0. The molecule has 0 bridgehead atoms. The minimum Gasteiger partial charge on any atom is -0.438 e. The zero-order valence-electron chi connectivity index (χ0n) is 15.9. The zero-order chi connectivity index (χ0) is 20.6. The normalized spacial score (nSPS) is 13.8. The number of benzene rings is 1. The van der Waals surface area contributed by atoms with Crippen molar-refractivity contribution in [1.82, 2.24) is 15.0 Å². The number of aromatic nitrogens is 3. The molecule has 5 rings (SSSR count). The van der Waals surface area contributed by atoms with E-state index in [0.29, 0.717) is 24.5 Å². The van der Waals surface area contributed by atoms with Crippen molar-refractivity contribution in [3.05, 3.63) is 113 Å². The van der Waals surface area contributed by atoms with E-state index in [-0.39, 0.29) is 0 Å². The molecular formula is C24H17F2N3O. The Morgan fingerprint density at radius 1 is 0.700 bits per heavy atom. The molecule has 3 aromatic heterocycles. The summed E-state index contributed by atoms with van der Waals surface area (Å²) in [6.07, 6.45) is 5.53. The highest BCUT2D eigenvalue weighted by Gasteiger charge is 2.43. The van der Waals surface area contributed by atoms with E-state index in [9.17, 15) is 8.78 Å². The Hall–Kier alpha value is -3.67. The SMILES string of the molecule is Fc1cc(CC2(Cc3ccnc(F)c3)c3ccccc3Oc3ncccc32)ccn1. The van der Waals surface area contributed by atoms with Gasteiger partial charge in [0.15, 0.2) is 0 Å². The monoisotopic (exact) mass is 401 g/mol. The van der Waals surface area contributed by atoms with Crippen molar-refractivity contribution in [1.29, 1.82) is 0 Å². The Morgan fingerprint density at radius 2 is 1.33 bits per heavy atom. The Morgan fingerprint density at radius 3 is 2.00 bits per heavy atom. The second-order valence-electron chi connectivity index (χ2n) is 7.36. The molecule has 0 amide bonds. The van der Waals surface area contributed by atoms with Gasteiger partial charge in [-0.3, -0.25) is 0 Å². The molecule has 0 fully saturated rings. The van der Waals surface area contributed by atoms with Crippen molar-refractivity contribution in [3.63, 3.8) is 0 Å². The molecule has 0 saturated carbocycles. The summed E-state index contributed by atoms with van der Waals surface area (Å²) in [4.78, 5) is 11.8. The summed E-state index contributed by atoms with van der Waals surface area (Å²) in [7, 11) is 0. The van der Waals surface area contributed by atoms with Crippen LogP contribution in [0.4, 0.5) is 8.78 Å². The number of pyridine rings is 3. The van der Waals surface area contributed by atoms with Crippen LogP contribution in [0.2, 0.25) is 0 Å². The number of halogens is 2. The third kappa shape index (κ3) is 3.20. The predicted molar refractivity (Wildman–Crippen MR) is 107 cm³/mol. The number of fused-ring (bicyclic) bond motifs is 2. The van der Waals surface area contributed by atoms with Gasteiger partial charge in [-0.2, -0.15) is 8.78 Å². The van der Waals surface area contributed by atoms with E-state index >= 15 is 0 Å². The van der Waals surface area contributed by atoms with E-state index in [0.717, 1.165) is 22.3 Å². The highest BCUT2D eigenvalue weighted by molar-refractivity contribution is 5.57. The molecular weight excluding hydrogens is 384 g/mol. The van der Waals surface area contributed by atoms with Crippen LogP contribution >= 0.6 is 0 Å². The van der Waals surface area contributed by atoms with Crippen LogP contribution in [0.25, 0.3) is 0 Å². The summed E-state index contributed by atoms with van der Waals surface area (Å²) >= 11 is 0. The third-order valence-corrected chi connectivity index (χ3v) is 5.49. The van der Waals surface area contributed by atoms with Crippen LogP contribution in [0.3, 0.4) is 0 Å². The molecule has 0 aliphatic carbocycles. The highest BCUT2D eigenvalue weighted by Crippen LogP contribution is 2.50. The summed E-state index contributed by atoms with van der Waals surface area (Å²) < 4.78 is 33.9. The molecule has 0 N–H and O–H groups in total. The van der Waals surface area contributed by atoms with Crippen LogP contribution < -0.4 is 4.74 Å². The van der Waals surface area contributed by atoms with Crippen molar-refractivity contribution in [2.24, 2.45) is 0 Å². The van der Waals surface area contributed by atoms with Crippen molar-refractivity contribution in [2.45, 2.75) is 18.3 Å². The van der Waals surface area contributed by atoms with Gasteiger partial charge in [-0.05, 0) is 60.4 Å². The average molecular weight is 401 g/mol. The van der Waals surface area contributed by atoms with Gasteiger partial charge in [0.2, 0.25) is 17.8 Å². The third-order valence-electron chi connectivity index (χ3n) is 5.49. The molecule has 0 atom stereocenters. The molecule has 4 nitrogen and oxygen atoms in total. The molecule has 4 aromatic rings. The van der Waals surface area contributed by atoms with Crippen LogP contribution in [-0.2, 0) is 18.3 Å². The molecule has 1 aromatic carbocycles. The number of hydrogen-bond acceptors (Lipinski definition) is 4. The lowest BCUT2D eigenvalue weighted by Crippen LogP contribution is -2.36. The quantitative estimate of drug-likeness (QED) is 0.450. The first-order valence-corrected chi connectivity index (χ1v) is 9.58. The number of rotatable bonds is 4. The fourth-order valence-corrected chi connectivity index (χ4v) is 4.28. The molecule has 148 valence electrons. The largest absolute Gasteiger partial charge is 0.438 e. The molecule has 4 heterocycles. The lowest BCUT2D eigenvalue weighted by atomic mass is 9.66. The summed E-state index contributed by atoms with van der Waals surface area (Å²) in [6.45, 7) is 0. The summed E-state index contributed by atoms with van der Waals surface area (Å²) in [5, 5.41) is 0. The Balaban J connectivity index is 1.75. The van der Waals surface area contributed by atoms with Crippen LogP contribution in [0.1, 0.15) is 22.3 Å². The molecule has 1 aliphatic heterocycles. The number of ether oxygens (including phenoxy) is 1. The van der Waals surface area contributed by atoms with Crippen molar-refractivity contribution in [2.75, 3.05) is 0 Å². The maximum atomic E-state index is 13.9. The molecule has 6 heteroatoms. The van der Waals surface area contributed by atoms with Crippen LogP contribution in [0.5, 0.6) is 11.6 Å². The maximum Gasteiger partial charge on any atom is 0.223 e. The lowest BCUT2D eigenvalue weighted by Gasteiger charge is -2.40. The molecule has 0 saturated heterocycles. The van der Waals surface area contributed by atoms with Gasteiger partial charge in [-0.1, -0.05) is 24.3 Å². The minimum absolute atomic E-state index is 0.468. The second kappa shape index (κ2) is 7.30. The Labute approximate surface area is 172 Å². The van der Waals surface area contributed by atoms with E-state index in [2.05, 4.69) is 15.0 Å². The molecule has 0 spiro atoms. The van der Waals surface area contributed by atoms with Crippen molar-refractivity contribution < 1.29 is 13.5 Å². The maximum absolute atomic E-state index is 13.9. The number of para-hydroxylation sites is 1. The Kier molecular flexibility index (Phi) is 4.47. The van der Waals surface area contributed by atoms with E-state index in [1.54, 1.807) is 18.3 Å². The molecule has 0 radical (unpaired) electrons. The zero-order valence-corrected chi connectivity index (χ0v) is 15.9. The highest BCUT2D eigenvalue weighted by atomic mass is 19.1. The van der Waals surface area contributed by atoms with Gasteiger partial charge in [0, 0.05) is 35.1 Å². The number of hydrogen-bond donors (Lipinski definition) is 0. The van der Waals surface area contributed by atoms with Crippen LogP contribution in [-0.4, -0.2) is 15.0 Å². The van der Waals surface area contributed by atoms with Gasteiger partial charge in [0.1, 0.15) is 5.75 Å². The van der Waals surface area contributed by atoms with Crippen molar-refractivity contribution >= 4 is 0 Å². The van der Waals surface area contributed by atoms with Gasteiger partial charge < -0.3 is 4.74 Å². The summed E-state index contributed by atoms with van der Waals surface area (Å²) in [5.41, 5.74) is 2.74. The first-order valence-electron chi connectivity index (χ1n) is 9.58. The standard InChI is InChI=1S/C24H17F2N3O/c25-21-12-16(7-10-27-21)14-24(15-17-8-11-28-22(26)13-17)18-4-1-2-6-20(18)30-23-19(24)5-3-9-29-23/h1-13H,14-15H2. The van der Waals surface area contributed by atoms with Gasteiger partial charge in [-0.25, -0.2) is 15.0 Å². The van der Waals surface area contributed by atoms with E-state index in [1.807, 2.05) is 36.4 Å². The van der Waals surface area contributed by atoms with E-state index in [4.69, 9.17) is 4.74 Å². The predicted octanol–water partition coefficient (Wildman–Crippen LogP) is 5.03. The lowest BCUT2D eigenvalue weighted by molar-refractivity contribution is 0.372. The second-order valence-corrected chi connectivity index (χ2v) is 7.36. The molecule has 0 unspecified atom stereocenters. The topological polar surface area (TPSA) is 47.9 Å². The fraction of sp³-hybridized carbons (Fsp3) is 0.125. The van der Waals surface area contributed by atoms with E-state index in [1.165, 1.54) is 24.5 Å². The van der Waals surface area contributed by atoms with Gasteiger partial charge in [0.05, 0.1) is 0 Å². The van der Waals surface area contributed by atoms with Gasteiger partial charge >= 0.3 is 0 Å². The Bertz CT molecular complexity index is 1130. The number of nitrogens with zero attached hydrogens (tertiary/aromatic N) is 3. The first kappa shape index (κ1) is 18.4. The van der Waals surface area contributed by atoms with Gasteiger partial charge in [0.25, 0.3) is 0 Å². The first-order chi connectivity index (χ1) is 14.6. The van der Waals surface area contributed by atoms with E-state index < -0.39 is 17.3 Å². The van der Waals surface area contributed by atoms with Crippen LogP contribution in [0, 0.1) is 11.9 Å². The molecule has 30 heavy (non-hydrogen) atoms. The smallest absolute Gasteiger partial charge is 0.223 e. The average Bonchev–Trinajstić information content (AvgIpc) is 2.74. The minimum atomic E-state index is -0.639. The fourth-order valence-electron chi connectivity index (χ4n) is 4.28.